The van der Waals surface area contributed by atoms with Crippen LogP contribution in [0.2, 0.25) is 0 Å². The van der Waals surface area contributed by atoms with Crippen molar-refractivity contribution in [2.75, 3.05) is 19.8 Å². The first-order valence-electron chi connectivity index (χ1n) is 5.94. The van der Waals surface area contributed by atoms with Gasteiger partial charge in [-0.25, -0.2) is 0 Å². The van der Waals surface area contributed by atoms with E-state index in [-0.39, 0.29) is 17.9 Å². The Labute approximate surface area is 107 Å². The molecule has 1 aromatic rings. The lowest BCUT2D eigenvalue weighted by Gasteiger charge is -2.23. The van der Waals surface area contributed by atoms with Crippen LogP contribution in [0.4, 0.5) is 0 Å². The van der Waals surface area contributed by atoms with Gasteiger partial charge in [0.25, 0.3) is 0 Å². The number of rotatable bonds is 7. The molecule has 0 bridgehead atoms. The average Bonchev–Trinajstić information content (AvgIpc) is 2.81. The average molecular weight is 255 g/mol. The van der Waals surface area contributed by atoms with E-state index >= 15 is 0 Å². The second-order valence-corrected chi connectivity index (χ2v) is 5.64. The summed E-state index contributed by atoms with van der Waals surface area (Å²) in [6, 6.07) is 4.14. The molecule has 0 saturated carbocycles. The number of nitrogens with one attached hydrogen (secondary N) is 1. The summed E-state index contributed by atoms with van der Waals surface area (Å²) in [4.78, 5) is 12.8. The van der Waals surface area contributed by atoms with Crippen LogP contribution in [-0.2, 0) is 14.9 Å². The number of hydrogen-bond donors (Lipinski definition) is 1. The lowest BCUT2D eigenvalue weighted by atomic mass is 9.91. The third-order valence-corrected chi connectivity index (χ3v) is 3.73. The van der Waals surface area contributed by atoms with Crippen molar-refractivity contribution in [1.29, 1.82) is 0 Å². The minimum atomic E-state index is -0.0388. The maximum absolute atomic E-state index is 11.5. The fourth-order valence-electron chi connectivity index (χ4n) is 1.43. The van der Waals surface area contributed by atoms with Crippen molar-refractivity contribution in [1.82, 2.24) is 5.32 Å². The minimum Gasteiger partial charge on any atom is -0.372 e. The SMILES string of the molecule is CCCOCC(=O)NCC(C)(C)c1cccs1. The van der Waals surface area contributed by atoms with Crippen LogP contribution in [0.3, 0.4) is 0 Å². The van der Waals surface area contributed by atoms with Gasteiger partial charge in [0.05, 0.1) is 0 Å². The van der Waals surface area contributed by atoms with Crippen molar-refractivity contribution in [2.45, 2.75) is 32.6 Å². The summed E-state index contributed by atoms with van der Waals surface area (Å²) in [6.45, 7) is 7.73. The van der Waals surface area contributed by atoms with Crippen LogP contribution in [0.5, 0.6) is 0 Å². The smallest absolute Gasteiger partial charge is 0.246 e. The monoisotopic (exact) mass is 255 g/mol. The van der Waals surface area contributed by atoms with Gasteiger partial charge in [-0.15, -0.1) is 11.3 Å². The van der Waals surface area contributed by atoms with Crippen LogP contribution >= 0.6 is 11.3 Å². The molecule has 17 heavy (non-hydrogen) atoms. The topological polar surface area (TPSA) is 38.3 Å². The molecule has 0 aliphatic heterocycles. The van der Waals surface area contributed by atoms with Gasteiger partial charge in [-0.05, 0) is 17.9 Å². The second kappa shape index (κ2) is 6.77. The molecule has 1 heterocycles. The van der Waals surface area contributed by atoms with Gasteiger partial charge in [-0.1, -0.05) is 26.8 Å². The predicted octanol–water partition coefficient (Wildman–Crippen LogP) is 2.57. The molecule has 0 aliphatic rings. The van der Waals surface area contributed by atoms with Gasteiger partial charge in [0.2, 0.25) is 5.91 Å². The fourth-order valence-corrected chi connectivity index (χ4v) is 2.28. The Balaban J connectivity index is 2.32. The van der Waals surface area contributed by atoms with Crippen LogP contribution in [0.25, 0.3) is 0 Å². The van der Waals surface area contributed by atoms with E-state index < -0.39 is 0 Å². The van der Waals surface area contributed by atoms with E-state index in [0.29, 0.717) is 13.2 Å². The van der Waals surface area contributed by atoms with Crippen molar-refractivity contribution >= 4 is 17.2 Å². The van der Waals surface area contributed by atoms with Gasteiger partial charge in [0.15, 0.2) is 0 Å². The van der Waals surface area contributed by atoms with Gasteiger partial charge in [0, 0.05) is 23.4 Å². The van der Waals surface area contributed by atoms with E-state index in [9.17, 15) is 4.79 Å². The molecule has 96 valence electrons. The van der Waals surface area contributed by atoms with Crippen molar-refractivity contribution in [3.8, 4) is 0 Å². The highest BCUT2D eigenvalue weighted by Crippen LogP contribution is 2.26. The van der Waals surface area contributed by atoms with E-state index in [1.807, 2.05) is 13.0 Å². The molecule has 0 aromatic carbocycles. The van der Waals surface area contributed by atoms with Crippen molar-refractivity contribution in [2.24, 2.45) is 0 Å². The van der Waals surface area contributed by atoms with Gasteiger partial charge >= 0.3 is 0 Å². The molecule has 3 nitrogen and oxygen atoms in total. The van der Waals surface area contributed by atoms with Gasteiger partial charge in [0.1, 0.15) is 6.61 Å². The number of amides is 1. The summed E-state index contributed by atoms with van der Waals surface area (Å²) in [5.41, 5.74) is -0.0193. The molecular weight excluding hydrogens is 234 g/mol. The number of hydrogen-bond acceptors (Lipinski definition) is 3. The summed E-state index contributed by atoms with van der Waals surface area (Å²) in [5.74, 6) is -0.0388. The highest BCUT2D eigenvalue weighted by atomic mass is 32.1. The molecule has 1 N–H and O–H groups in total. The Kier molecular flexibility index (Phi) is 5.65. The zero-order valence-corrected chi connectivity index (χ0v) is 11.6. The molecule has 1 aromatic heterocycles. The van der Waals surface area contributed by atoms with Crippen LogP contribution in [0, 0.1) is 0 Å². The Hall–Kier alpha value is -0.870. The van der Waals surface area contributed by atoms with Gasteiger partial charge < -0.3 is 10.1 Å². The van der Waals surface area contributed by atoms with Gasteiger partial charge in [-0.2, -0.15) is 0 Å². The predicted molar refractivity (Wildman–Crippen MR) is 71.5 cm³/mol. The van der Waals surface area contributed by atoms with Crippen LogP contribution in [0.1, 0.15) is 32.1 Å². The number of carbonyl (C=O) groups excluding carboxylic acids is 1. The number of carbonyl (C=O) groups is 1. The minimum absolute atomic E-state index is 0.0193. The first-order valence-corrected chi connectivity index (χ1v) is 6.82. The van der Waals surface area contributed by atoms with Crippen LogP contribution in [-0.4, -0.2) is 25.7 Å². The molecule has 4 heteroatoms. The standard InChI is InChI=1S/C13H21NO2S/c1-4-7-16-9-12(15)14-10-13(2,3)11-6-5-8-17-11/h5-6,8H,4,7,9-10H2,1-3H3,(H,14,15). The zero-order valence-electron chi connectivity index (χ0n) is 10.8. The molecule has 0 unspecified atom stereocenters. The normalized spacial score (nSPS) is 11.5. The molecule has 0 radical (unpaired) electrons. The lowest BCUT2D eigenvalue weighted by molar-refractivity contribution is -0.125. The highest BCUT2D eigenvalue weighted by Gasteiger charge is 2.22. The quantitative estimate of drug-likeness (QED) is 0.760. The molecular formula is C13H21NO2S. The van der Waals surface area contributed by atoms with Crippen LogP contribution < -0.4 is 5.32 Å². The summed E-state index contributed by atoms with van der Waals surface area (Å²) in [7, 11) is 0. The van der Waals surface area contributed by atoms with Crippen molar-refractivity contribution < 1.29 is 9.53 Å². The Bertz CT molecular complexity index is 333. The Morgan fingerprint density at radius 2 is 2.29 bits per heavy atom. The Morgan fingerprint density at radius 3 is 2.88 bits per heavy atom. The largest absolute Gasteiger partial charge is 0.372 e. The van der Waals surface area contributed by atoms with Crippen LogP contribution in [0.15, 0.2) is 17.5 Å². The molecule has 0 saturated heterocycles. The molecule has 0 spiro atoms. The number of thiophene rings is 1. The van der Waals surface area contributed by atoms with E-state index in [4.69, 9.17) is 4.74 Å². The van der Waals surface area contributed by atoms with E-state index in [2.05, 4.69) is 30.6 Å². The molecule has 1 rings (SSSR count). The first-order chi connectivity index (χ1) is 8.06. The molecule has 0 atom stereocenters. The van der Waals surface area contributed by atoms with Gasteiger partial charge in [-0.3, -0.25) is 4.79 Å². The molecule has 1 amide bonds. The molecule has 0 aliphatic carbocycles. The van der Waals surface area contributed by atoms with Crippen molar-refractivity contribution in [3.05, 3.63) is 22.4 Å². The third-order valence-electron chi connectivity index (χ3n) is 2.50. The van der Waals surface area contributed by atoms with Crippen molar-refractivity contribution in [3.63, 3.8) is 0 Å². The number of ether oxygens (including phenoxy) is 1. The maximum Gasteiger partial charge on any atom is 0.246 e. The fraction of sp³-hybridized carbons (Fsp3) is 0.615. The van der Waals surface area contributed by atoms with E-state index in [0.717, 1.165) is 6.42 Å². The summed E-state index contributed by atoms with van der Waals surface area (Å²) in [5, 5.41) is 4.97. The Morgan fingerprint density at radius 1 is 1.53 bits per heavy atom. The summed E-state index contributed by atoms with van der Waals surface area (Å²) >= 11 is 1.72. The van der Waals surface area contributed by atoms with E-state index in [1.165, 1.54) is 4.88 Å². The second-order valence-electron chi connectivity index (χ2n) is 4.69. The summed E-state index contributed by atoms with van der Waals surface area (Å²) < 4.78 is 5.19. The summed E-state index contributed by atoms with van der Waals surface area (Å²) in [6.07, 6.45) is 0.938. The zero-order chi connectivity index (χ0) is 12.7. The maximum atomic E-state index is 11.5. The first kappa shape index (κ1) is 14.2. The van der Waals surface area contributed by atoms with E-state index in [1.54, 1.807) is 11.3 Å². The highest BCUT2D eigenvalue weighted by molar-refractivity contribution is 7.10. The molecule has 0 fully saturated rings. The lowest BCUT2D eigenvalue weighted by Crippen LogP contribution is -2.38. The third kappa shape index (κ3) is 4.88.